The largest absolute Gasteiger partial charge is 0.417 e. The van der Waals surface area contributed by atoms with Crippen molar-refractivity contribution in [2.75, 3.05) is 10.2 Å². The molecule has 0 aliphatic heterocycles. The first-order chi connectivity index (χ1) is 15.6. The molecule has 0 bridgehead atoms. The Morgan fingerprint density at radius 2 is 1.85 bits per heavy atom. The van der Waals surface area contributed by atoms with Crippen molar-refractivity contribution in [3.8, 4) is 6.07 Å². The summed E-state index contributed by atoms with van der Waals surface area (Å²) in [6.07, 6.45) is -0.309. The lowest BCUT2D eigenvalue weighted by atomic mass is 9.74. The number of nitriles is 1. The van der Waals surface area contributed by atoms with Crippen LogP contribution in [-0.2, 0) is 15.8 Å². The Hall–Kier alpha value is -3.71. The first kappa shape index (κ1) is 23.9. The minimum absolute atomic E-state index is 0.0612. The van der Waals surface area contributed by atoms with Gasteiger partial charge in [-0.2, -0.15) is 18.4 Å². The van der Waals surface area contributed by atoms with Crippen LogP contribution in [0.1, 0.15) is 36.0 Å². The SMILES string of the molecule is N#Cc1ccc(NC(=O)C2(N(C=S)c3ccc(/C=C/C(N)=O)cc3)CCC2)cc1C(F)(F)F. The topological polar surface area (TPSA) is 99.2 Å². The quantitative estimate of drug-likeness (QED) is 0.460. The zero-order valence-corrected chi connectivity index (χ0v) is 18.0. The molecule has 1 aliphatic rings. The predicted octanol–water partition coefficient (Wildman–Crippen LogP) is 4.40. The van der Waals surface area contributed by atoms with E-state index in [1.165, 1.54) is 23.7 Å². The molecule has 3 rings (SSSR count). The highest BCUT2D eigenvalue weighted by molar-refractivity contribution is 7.79. The minimum Gasteiger partial charge on any atom is -0.366 e. The second-order valence-electron chi connectivity index (χ2n) is 7.51. The number of carbonyl (C=O) groups excluding carboxylic acids is 2. The number of alkyl halides is 3. The molecule has 6 nitrogen and oxygen atoms in total. The number of hydrogen-bond donors (Lipinski definition) is 2. The molecule has 0 radical (unpaired) electrons. The molecule has 0 saturated heterocycles. The molecule has 0 spiro atoms. The van der Waals surface area contributed by atoms with Crippen LogP contribution < -0.4 is 16.0 Å². The van der Waals surface area contributed by atoms with Crippen LogP contribution in [0.15, 0.2) is 48.5 Å². The van der Waals surface area contributed by atoms with E-state index in [4.69, 9.17) is 23.2 Å². The summed E-state index contributed by atoms with van der Waals surface area (Å²) in [5.41, 5.74) is 5.01. The zero-order valence-electron chi connectivity index (χ0n) is 17.2. The number of nitrogens with one attached hydrogen (secondary N) is 1. The van der Waals surface area contributed by atoms with E-state index in [1.807, 2.05) is 0 Å². The van der Waals surface area contributed by atoms with Gasteiger partial charge in [0, 0.05) is 17.5 Å². The van der Waals surface area contributed by atoms with Crippen LogP contribution in [0.4, 0.5) is 24.5 Å². The molecule has 170 valence electrons. The fourth-order valence-electron chi connectivity index (χ4n) is 3.62. The molecule has 0 heterocycles. The average molecular weight is 472 g/mol. The van der Waals surface area contributed by atoms with Gasteiger partial charge in [-0.1, -0.05) is 24.4 Å². The van der Waals surface area contributed by atoms with E-state index in [9.17, 15) is 22.8 Å². The van der Waals surface area contributed by atoms with Gasteiger partial charge in [-0.3, -0.25) is 9.59 Å². The summed E-state index contributed by atoms with van der Waals surface area (Å²) in [7, 11) is 0. The second kappa shape index (κ2) is 9.42. The number of anilines is 2. The highest BCUT2D eigenvalue weighted by Gasteiger charge is 2.49. The fraction of sp³-hybridized carbons (Fsp3) is 0.217. The average Bonchev–Trinajstić information content (AvgIpc) is 2.74. The van der Waals surface area contributed by atoms with Gasteiger partial charge < -0.3 is 16.0 Å². The Bertz CT molecular complexity index is 1150. The van der Waals surface area contributed by atoms with Crippen LogP contribution in [0.5, 0.6) is 0 Å². The van der Waals surface area contributed by atoms with Crippen molar-refractivity contribution in [2.24, 2.45) is 5.73 Å². The number of nitrogens with two attached hydrogens (primary N) is 1. The minimum atomic E-state index is -4.73. The van der Waals surface area contributed by atoms with E-state index in [1.54, 1.807) is 35.2 Å². The van der Waals surface area contributed by atoms with Gasteiger partial charge in [0.25, 0.3) is 5.91 Å². The van der Waals surface area contributed by atoms with Crippen LogP contribution >= 0.6 is 12.2 Å². The molecule has 3 N–H and O–H groups in total. The van der Waals surface area contributed by atoms with Crippen molar-refractivity contribution in [1.82, 2.24) is 0 Å². The smallest absolute Gasteiger partial charge is 0.366 e. The summed E-state index contributed by atoms with van der Waals surface area (Å²) >= 11 is 5.17. The van der Waals surface area contributed by atoms with Gasteiger partial charge in [0.15, 0.2) is 0 Å². The first-order valence-electron chi connectivity index (χ1n) is 9.86. The number of hydrogen-bond acceptors (Lipinski definition) is 4. The summed E-state index contributed by atoms with van der Waals surface area (Å²) in [4.78, 5) is 25.7. The normalized spacial score (nSPS) is 14.7. The van der Waals surface area contributed by atoms with Crippen molar-refractivity contribution >= 4 is 47.0 Å². The molecule has 0 unspecified atom stereocenters. The lowest BCUT2D eigenvalue weighted by Crippen LogP contribution is -2.61. The highest BCUT2D eigenvalue weighted by Crippen LogP contribution is 2.41. The molecule has 2 aromatic carbocycles. The lowest BCUT2D eigenvalue weighted by molar-refractivity contribution is -0.137. The Balaban J connectivity index is 1.87. The molecule has 2 amide bonds. The number of nitrogens with zero attached hydrogens (tertiary/aromatic N) is 2. The Morgan fingerprint density at radius 3 is 2.33 bits per heavy atom. The van der Waals surface area contributed by atoms with E-state index in [2.05, 4.69) is 5.32 Å². The molecule has 0 aromatic heterocycles. The van der Waals surface area contributed by atoms with E-state index in [0.29, 0.717) is 24.1 Å². The van der Waals surface area contributed by atoms with Gasteiger partial charge in [-0.25, -0.2) is 0 Å². The van der Waals surface area contributed by atoms with E-state index in [-0.39, 0.29) is 5.69 Å². The molecule has 0 atom stereocenters. The maximum atomic E-state index is 13.3. The van der Waals surface area contributed by atoms with Crippen LogP contribution in [-0.4, -0.2) is 22.8 Å². The first-order valence-corrected chi connectivity index (χ1v) is 10.3. The number of primary amides is 1. The van der Waals surface area contributed by atoms with Crippen molar-refractivity contribution in [3.05, 3.63) is 65.2 Å². The zero-order chi connectivity index (χ0) is 24.2. The van der Waals surface area contributed by atoms with E-state index in [0.717, 1.165) is 18.6 Å². The van der Waals surface area contributed by atoms with Crippen molar-refractivity contribution in [3.63, 3.8) is 0 Å². The number of rotatable bonds is 7. The maximum absolute atomic E-state index is 13.3. The Morgan fingerprint density at radius 1 is 1.18 bits per heavy atom. The molecule has 10 heteroatoms. The molecule has 33 heavy (non-hydrogen) atoms. The second-order valence-corrected chi connectivity index (χ2v) is 7.72. The van der Waals surface area contributed by atoms with E-state index >= 15 is 0 Å². The van der Waals surface area contributed by atoms with Gasteiger partial charge in [-0.15, -0.1) is 0 Å². The third-order valence-corrected chi connectivity index (χ3v) is 5.70. The third-order valence-electron chi connectivity index (χ3n) is 5.48. The van der Waals surface area contributed by atoms with Crippen LogP contribution in [0.2, 0.25) is 0 Å². The summed E-state index contributed by atoms with van der Waals surface area (Å²) in [6.45, 7) is 0. The third kappa shape index (κ3) is 5.04. The number of benzene rings is 2. The number of amides is 2. The summed E-state index contributed by atoms with van der Waals surface area (Å²) in [6, 6.07) is 11.5. The maximum Gasteiger partial charge on any atom is 0.417 e. The lowest BCUT2D eigenvalue weighted by Gasteiger charge is -2.47. The summed E-state index contributed by atoms with van der Waals surface area (Å²) in [5.74, 6) is -1.08. The van der Waals surface area contributed by atoms with Crippen molar-refractivity contribution in [2.45, 2.75) is 31.0 Å². The fourth-order valence-corrected chi connectivity index (χ4v) is 3.95. The molecular formula is C23H19F3N4O2S. The van der Waals surface area contributed by atoms with Crippen molar-refractivity contribution < 1.29 is 22.8 Å². The van der Waals surface area contributed by atoms with Crippen LogP contribution in [0.25, 0.3) is 6.08 Å². The highest BCUT2D eigenvalue weighted by atomic mass is 32.1. The standard InChI is InChI=1S/C23H19F3N4O2S/c24-23(25,26)19-12-17(6-5-16(19)13-27)29-21(32)22(10-1-11-22)30(14-33)18-7-2-15(3-8-18)4-9-20(28)31/h2-9,12,14H,1,10-11H2,(H2,28,31)(H,29,32)/b9-4+. The Kier molecular flexibility index (Phi) is 6.84. The monoisotopic (exact) mass is 472 g/mol. The molecule has 1 saturated carbocycles. The molecule has 1 aliphatic carbocycles. The summed E-state index contributed by atoms with van der Waals surface area (Å²) in [5, 5.41) is 11.5. The van der Waals surface area contributed by atoms with Gasteiger partial charge in [-0.05, 0) is 61.2 Å². The van der Waals surface area contributed by atoms with E-state index < -0.39 is 34.7 Å². The number of halogens is 3. The van der Waals surface area contributed by atoms with Gasteiger partial charge in [0.05, 0.1) is 22.7 Å². The van der Waals surface area contributed by atoms with Crippen molar-refractivity contribution in [1.29, 1.82) is 5.26 Å². The molecular weight excluding hydrogens is 453 g/mol. The molecule has 2 aromatic rings. The molecule has 1 fully saturated rings. The summed E-state index contributed by atoms with van der Waals surface area (Å²) < 4.78 is 39.8. The Labute approximate surface area is 193 Å². The number of carbonyl (C=O) groups is 2. The predicted molar refractivity (Wildman–Crippen MR) is 122 cm³/mol. The van der Waals surface area contributed by atoms with Gasteiger partial charge in [0.1, 0.15) is 5.54 Å². The van der Waals surface area contributed by atoms with Crippen LogP contribution in [0.3, 0.4) is 0 Å². The van der Waals surface area contributed by atoms with Gasteiger partial charge in [0.2, 0.25) is 5.91 Å². The number of thiocarbonyl (C=S) groups is 1. The van der Waals surface area contributed by atoms with Crippen LogP contribution in [0, 0.1) is 11.3 Å². The van der Waals surface area contributed by atoms with Gasteiger partial charge >= 0.3 is 6.18 Å².